The maximum Gasteiger partial charge on any atom is 0.239 e. The molecule has 0 aliphatic heterocycles. The molecule has 230 valence electrons. The second-order valence-electron chi connectivity index (χ2n) is 11.2. The number of rotatable bonds is 21. The molecule has 0 saturated carbocycles. The van der Waals surface area contributed by atoms with Crippen molar-refractivity contribution in [3.63, 3.8) is 0 Å². The zero-order chi connectivity index (χ0) is 30.6. The number of unbranched alkanes of at least 4 members (excludes halogenated alkanes) is 2. The Morgan fingerprint density at radius 2 is 1.02 bits per heavy atom. The molecule has 0 unspecified atom stereocenters. The van der Waals surface area contributed by atoms with E-state index < -0.39 is 29.2 Å². The van der Waals surface area contributed by atoms with E-state index in [2.05, 4.69) is 31.9 Å². The predicted octanol–water partition coefficient (Wildman–Crippen LogP) is -0.115. The van der Waals surface area contributed by atoms with Crippen LogP contribution in [0.15, 0.2) is 0 Å². The SMILES string of the molecule is CCCCCC(=O)NCC(=O)NCC(=O)NCC(=O)NCC(=O)NCC(C)(C)COCC(C)(C)NC(=O)CCC. The third-order valence-electron chi connectivity index (χ3n) is 5.47. The van der Waals surface area contributed by atoms with Gasteiger partial charge in [0.15, 0.2) is 0 Å². The molecule has 0 aliphatic carbocycles. The topological polar surface area (TPSA) is 184 Å². The van der Waals surface area contributed by atoms with Crippen molar-refractivity contribution in [1.29, 1.82) is 0 Å². The molecule has 0 rings (SSSR count). The van der Waals surface area contributed by atoms with Crippen molar-refractivity contribution < 1.29 is 33.5 Å². The Kier molecular flexibility index (Phi) is 18.2. The molecule has 6 N–H and O–H groups in total. The van der Waals surface area contributed by atoms with Gasteiger partial charge in [0.25, 0.3) is 0 Å². The Morgan fingerprint density at radius 1 is 0.550 bits per heavy atom. The second-order valence-corrected chi connectivity index (χ2v) is 11.2. The standard InChI is InChI=1S/C27H50N6O7/c1-7-9-10-12-20(34)28-13-22(36)29-14-23(37)30-15-24(38)31-16-25(39)32-17-26(3,4)18-40-19-27(5,6)33-21(35)11-8-2/h7-19H2,1-6H3,(H,28,34)(H,29,36)(H,30,37)(H,31,38)(H,32,39)(H,33,35). The summed E-state index contributed by atoms with van der Waals surface area (Å²) in [5, 5.41) is 15.3. The van der Waals surface area contributed by atoms with Gasteiger partial charge in [0.2, 0.25) is 35.4 Å². The van der Waals surface area contributed by atoms with E-state index in [-0.39, 0.29) is 43.4 Å². The molecular formula is C27H50N6O7. The predicted molar refractivity (Wildman–Crippen MR) is 151 cm³/mol. The Morgan fingerprint density at radius 3 is 1.50 bits per heavy atom. The summed E-state index contributed by atoms with van der Waals surface area (Å²) in [7, 11) is 0. The third kappa shape index (κ3) is 20.7. The van der Waals surface area contributed by atoms with Crippen molar-refractivity contribution in [2.45, 2.75) is 85.6 Å². The lowest BCUT2D eigenvalue weighted by atomic mass is 9.94. The van der Waals surface area contributed by atoms with Gasteiger partial charge in [-0.3, -0.25) is 28.8 Å². The highest BCUT2D eigenvalue weighted by Gasteiger charge is 2.24. The van der Waals surface area contributed by atoms with Crippen LogP contribution in [0.2, 0.25) is 0 Å². The zero-order valence-corrected chi connectivity index (χ0v) is 25.1. The molecular weight excluding hydrogens is 520 g/mol. The Hall–Kier alpha value is -3.22. The molecule has 0 atom stereocenters. The summed E-state index contributed by atoms with van der Waals surface area (Å²) in [6, 6.07) is 0. The molecule has 0 saturated heterocycles. The Bertz CT molecular complexity index is 845. The minimum absolute atomic E-state index is 0.0221. The van der Waals surface area contributed by atoms with Crippen LogP contribution in [0.25, 0.3) is 0 Å². The first kappa shape index (κ1) is 36.8. The van der Waals surface area contributed by atoms with Crippen LogP contribution in [-0.2, 0) is 33.5 Å². The molecule has 0 aliphatic rings. The molecule has 13 heteroatoms. The number of hydrogen-bond donors (Lipinski definition) is 6. The molecule has 13 nitrogen and oxygen atoms in total. The first-order valence-corrected chi connectivity index (χ1v) is 13.9. The number of amides is 6. The van der Waals surface area contributed by atoms with Crippen LogP contribution < -0.4 is 31.9 Å². The van der Waals surface area contributed by atoms with Crippen LogP contribution in [-0.4, -0.2) is 86.9 Å². The number of hydrogen-bond acceptors (Lipinski definition) is 7. The van der Waals surface area contributed by atoms with Crippen LogP contribution in [0.4, 0.5) is 0 Å². The summed E-state index contributed by atoms with van der Waals surface area (Å²) in [5.41, 5.74) is -0.901. The highest BCUT2D eigenvalue weighted by molar-refractivity contribution is 5.91. The van der Waals surface area contributed by atoms with E-state index in [1.807, 2.05) is 41.5 Å². The van der Waals surface area contributed by atoms with Crippen molar-refractivity contribution in [1.82, 2.24) is 31.9 Å². The number of ether oxygens (including phenoxy) is 1. The number of carbonyl (C=O) groups is 6. The van der Waals surface area contributed by atoms with Crippen LogP contribution in [0.3, 0.4) is 0 Å². The minimum atomic E-state index is -0.586. The van der Waals surface area contributed by atoms with Gasteiger partial charge in [-0.15, -0.1) is 0 Å². The lowest BCUT2D eigenvalue weighted by molar-refractivity contribution is -0.129. The quantitative estimate of drug-likeness (QED) is 0.104. The fraction of sp³-hybridized carbons (Fsp3) is 0.778. The molecule has 0 aromatic rings. The van der Waals surface area contributed by atoms with Crippen LogP contribution in [0, 0.1) is 5.41 Å². The summed E-state index contributed by atoms with van der Waals surface area (Å²) >= 11 is 0. The molecule has 0 radical (unpaired) electrons. The average molecular weight is 571 g/mol. The van der Waals surface area contributed by atoms with Crippen molar-refractivity contribution >= 4 is 35.4 Å². The fourth-order valence-corrected chi connectivity index (χ4v) is 3.26. The monoisotopic (exact) mass is 570 g/mol. The molecule has 0 aromatic heterocycles. The average Bonchev–Trinajstić information content (AvgIpc) is 2.86. The van der Waals surface area contributed by atoms with Crippen molar-refractivity contribution in [3.8, 4) is 0 Å². The normalized spacial score (nSPS) is 11.2. The molecule has 0 bridgehead atoms. The van der Waals surface area contributed by atoms with Gasteiger partial charge in [0.05, 0.1) is 44.9 Å². The summed E-state index contributed by atoms with van der Waals surface area (Å²) < 4.78 is 5.78. The molecule has 0 aromatic carbocycles. The summed E-state index contributed by atoms with van der Waals surface area (Å²) in [5.74, 6) is -2.31. The lowest BCUT2D eigenvalue weighted by Crippen LogP contribution is -2.48. The summed E-state index contributed by atoms with van der Waals surface area (Å²) in [4.78, 5) is 71.1. The smallest absolute Gasteiger partial charge is 0.239 e. The van der Waals surface area contributed by atoms with E-state index in [9.17, 15) is 28.8 Å². The van der Waals surface area contributed by atoms with Gasteiger partial charge in [0.1, 0.15) is 0 Å². The largest absolute Gasteiger partial charge is 0.378 e. The van der Waals surface area contributed by atoms with E-state index in [0.717, 1.165) is 25.7 Å². The van der Waals surface area contributed by atoms with Gasteiger partial charge in [-0.2, -0.15) is 0 Å². The third-order valence-corrected chi connectivity index (χ3v) is 5.47. The minimum Gasteiger partial charge on any atom is -0.378 e. The molecule has 40 heavy (non-hydrogen) atoms. The highest BCUT2D eigenvalue weighted by atomic mass is 16.5. The van der Waals surface area contributed by atoms with Crippen LogP contribution in [0.1, 0.15) is 80.1 Å². The van der Waals surface area contributed by atoms with Gasteiger partial charge in [-0.05, 0) is 26.7 Å². The maximum absolute atomic E-state index is 12.1. The van der Waals surface area contributed by atoms with Gasteiger partial charge in [-0.1, -0.05) is 40.5 Å². The van der Waals surface area contributed by atoms with Gasteiger partial charge in [0, 0.05) is 24.8 Å². The van der Waals surface area contributed by atoms with E-state index in [1.54, 1.807) is 0 Å². The molecule has 0 heterocycles. The lowest BCUT2D eigenvalue weighted by Gasteiger charge is -2.30. The molecule has 0 spiro atoms. The van der Waals surface area contributed by atoms with Gasteiger partial charge >= 0.3 is 0 Å². The fourth-order valence-electron chi connectivity index (χ4n) is 3.26. The number of carbonyl (C=O) groups excluding carboxylic acids is 6. The first-order chi connectivity index (χ1) is 18.7. The molecule has 6 amide bonds. The van der Waals surface area contributed by atoms with Crippen LogP contribution >= 0.6 is 0 Å². The Labute approximate surface area is 238 Å². The van der Waals surface area contributed by atoms with Crippen LogP contribution in [0.5, 0.6) is 0 Å². The zero-order valence-electron chi connectivity index (χ0n) is 25.1. The van der Waals surface area contributed by atoms with E-state index >= 15 is 0 Å². The maximum atomic E-state index is 12.1. The Balaban J connectivity index is 4.08. The summed E-state index contributed by atoms with van der Waals surface area (Å²) in [6.07, 6.45) is 4.26. The van der Waals surface area contributed by atoms with Crippen molar-refractivity contribution in [2.24, 2.45) is 5.41 Å². The van der Waals surface area contributed by atoms with E-state index in [0.29, 0.717) is 32.6 Å². The van der Waals surface area contributed by atoms with E-state index in [4.69, 9.17) is 4.74 Å². The second kappa shape index (κ2) is 19.8. The highest BCUT2D eigenvalue weighted by Crippen LogP contribution is 2.15. The molecule has 0 fully saturated rings. The first-order valence-electron chi connectivity index (χ1n) is 13.9. The van der Waals surface area contributed by atoms with Gasteiger partial charge in [-0.25, -0.2) is 0 Å². The summed E-state index contributed by atoms with van der Waals surface area (Å²) in [6.45, 7) is 11.3. The van der Waals surface area contributed by atoms with Crippen molar-refractivity contribution in [2.75, 3.05) is 45.9 Å². The van der Waals surface area contributed by atoms with E-state index in [1.165, 1.54) is 0 Å². The van der Waals surface area contributed by atoms with Crippen molar-refractivity contribution in [3.05, 3.63) is 0 Å². The number of nitrogens with one attached hydrogen (secondary N) is 6. The van der Waals surface area contributed by atoms with Gasteiger partial charge < -0.3 is 36.6 Å².